The van der Waals surface area contributed by atoms with Crippen LogP contribution in [0.15, 0.2) is 36.8 Å². The molecule has 1 aliphatic heterocycles. The molecule has 4 heterocycles. The van der Waals surface area contributed by atoms with E-state index in [0.29, 0.717) is 11.3 Å². The molecule has 4 rings (SSSR count). The first-order chi connectivity index (χ1) is 12.8. The average molecular weight is 364 g/mol. The molecule has 0 saturated heterocycles. The van der Waals surface area contributed by atoms with Crippen LogP contribution in [0.5, 0.6) is 0 Å². The van der Waals surface area contributed by atoms with Crippen LogP contribution in [-0.4, -0.2) is 37.0 Å². The van der Waals surface area contributed by atoms with Gasteiger partial charge < -0.3 is 9.30 Å². The van der Waals surface area contributed by atoms with Crippen LogP contribution in [0.4, 0.5) is 4.79 Å². The summed E-state index contributed by atoms with van der Waals surface area (Å²) in [5.41, 5.74) is 2.94. The fourth-order valence-electron chi connectivity index (χ4n) is 3.30. The van der Waals surface area contributed by atoms with Gasteiger partial charge in [0.05, 0.1) is 12.2 Å². The van der Waals surface area contributed by atoms with Gasteiger partial charge in [0, 0.05) is 47.7 Å². The van der Waals surface area contributed by atoms with E-state index in [9.17, 15) is 9.59 Å². The normalized spacial score (nSPS) is 13.9. The molecule has 138 valence electrons. The van der Waals surface area contributed by atoms with Gasteiger partial charge in [-0.25, -0.2) is 14.7 Å². The van der Waals surface area contributed by atoms with Crippen LogP contribution in [0.1, 0.15) is 36.7 Å². The molecule has 7 nitrogen and oxygen atoms in total. The van der Waals surface area contributed by atoms with Crippen molar-refractivity contribution < 1.29 is 14.3 Å². The van der Waals surface area contributed by atoms with Gasteiger partial charge >= 0.3 is 6.09 Å². The third-order valence-electron chi connectivity index (χ3n) is 4.48. The smallest absolute Gasteiger partial charge is 0.417 e. The Labute approximate surface area is 156 Å². The summed E-state index contributed by atoms with van der Waals surface area (Å²) in [4.78, 5) is 35.3. The van der Waals surface area contributed by atoms with Gasteiger partial charge in [0.15, 0.2) is 0 Å². The van der Waals surface area contributed by atoms with Crippen molar-refractivity contribution in [3.8, 4) is 11.3 Å². The third kappa shape index (κ3) is 2.85. The minimum atomic E-state index is -0.672. The Morgan fingerprint density at radius 2 is 1.81 bits per heavy atom. The number of ether oxygens (including phenoxy) is 1. The second-order valence-corrected chi connectivity index (χ2v) is 7.58. The number of rotatable bonds is 1. The van der Waals surface area contributed by atoms with Gasteiger partial charge in [0.25, 0.3) is 5.91 Å². The highest BCUT2D eigenvalue weighted by atomic mass is 16.6. The minimum absolute atomic E-state index is 0.142. The molecule has 0 unspecified atom stereocenters. The molecule has 0 spiro atoms. The molecule has 3 aromatic rings. The first kappa shape index (κ1) is 17.2. The highest BCUT2D eigenvalue weighted by Gasteiger charge is 2.37. The number of aromatic nitrogens is 3. The SMILES string of the molecule is Cn1ccc2c(-c3nccc4c3CN(C(=O)OC(C)(C)C)C4=O)ccnc21. The fraction of sp³-hybridized carbons (Fsp3) is 0.300. The molecule has 0 bridgehead atoms. The van der Waals surface area contributed by atoms with Gasteiger partial charge in [-0.1, -0.05) is 0 Å². The summed E-state index contributed by atoms with van der Waals surface area (Å²) in [6, 6.07) is 5.50. The van der Waals surface area contributed by atoms with Gasteiger partial charge in [0.1, 0.15) is 11.2 Å². The lowest BCUT2D eigenvalue weighted by molar-refractivity contribution is 0.0248. The number of fused-ring (bicyclic) bond motifs is 2. The third-order valence-corrected chi connectivity index (χ3v) is 4.48. The molecular formula is C20H20N4O3. The molecule has 7 heteroatoms. The molecular weight excluding hydrogens is 344 g/mol. The molecule has 0 fully saturated rings. The van der Waals surface area contributed by atoms with E-state index in [-0.39, 0.29) is 12.5 Å². The van der Waals surface area contributed by atoms with Crippen molar-refractivity contribution in [2.45, 2.75) is 32.9 Å². The van der Waals surface area contributed by atoms with Crippen LogP contribution in [0.2, 0.25) is 0 Å². The molecule has 0 saturated carbocycles. The van der Waals surface area contributed by atoms with E-state index in [1.807, 2.05) is 29.9 Å². The van der Waals surface area contributed by atoms with Crippen molar-refractivity contribution in [1.82, 2.24) is 19.4 Å². The Morgan fingerprint density at radius 1 is 1.11 bits per heavy atom. The molecule has 27 heavy (non-hydrogen) atoms. The second kappa shape index (κ2) is 5.90. The lowest BCUT2D eigenvalue weighted by Crippen LogP contribution is -2.36. The summed E-state index contributed by atoms with van der Waals surface area (Å²) < 4.78 is 7.31. The molecule has 1 aliphatic rings. The van der Waals surface area contributed by atoms with Crippen LogP contribution >= 0.6 is 0 Å². The zero-order chi connectivity index (χ0) is 19.3. The number of pyridine rings is 2. The van der Waals surface area contributed by atoms with Gasteiger partial charge in [-0.3, -0.25) is 9.78 Å². The molecule has 3 aromatic heterocycles. The maximum absolute atomic E-state index is 12.8. The van der Waals surface area contributed by atoms with E-state index < -0.39 is 11.7 Å². The quantitative estimate of drug-likeness (QED) is 0.660. The van der Waals surface area contributed by atoms with Gasteiger partial charge in [-0.15, -0.1) is 0 Å². The predicted octanol–water partition coefficient (Wildman–Crippen LogP) is 3.53. The van der Waals surface area contributed by atoms with E-state index in [1.54, 1.807) is 39.2 Å². The number of carbonyl (C=O) groups excluding carboxylic acids is 2. The standard InChI is InChI=1S/C20H20N4O3/c1-20(2,3)27-19(26)24-11-15-14(18(24)25)6-8-21-16(15)12-5-9-22-17-13(12)7-10-23(17)4/h5-10H,11H2,1-4H3. The van der Waals surface area contributed by atoms with Crippen molar-refractivity contribution in [3.63, 3.8) is 0 Å². The Morgan fingerprint density at radius 3 is 2.56 bits per heavy atom. The van der Waals surface area contributed by atoms with Crippen molar-refractivity contribution in [2.75, 3.05) is 0 Å². The number of nitrogens with zero attached hydrogens (tertiary/aromatic N) is 4. The summed E-state index contributed by atoms with van der Waals surface area (Å²) >= 11 is 0. The summed E-state index contributed by atoms with van der Waals surface area (Å²) in [6.45, 7) is 5.46. The highest BCUT2D eigenvalue weighted by molar-refractivity contribution is 6.08. The largest absolute Gasteiger partial charge is 0.443 e. The van der Waals surface area contributed by atoms with Crippen molar-refractivity contribution in [1.29, 1.82) is 0 Å². The van der Waals surface area contributed by atoms with Crippen molar-refractivity contribution in [2.24, 2.45) is 7.05 Å². The zero-order valence-electron chi connectivity index (χ0n) is 15.7. The molecule has 0 aromatic carbocycles. The molecule has 0 atom stereocenters. The van der Waals surface area contributed by atoms with Crippen molar-refractivity contribution in [3.05, 3.63) is 47.9 Å². The number of imide groups is 1. The lowest BCUT2D eigenvalue weighted by atomic mass is 10.0. The van der Waals surface area contributed by atoms with E-state index in [0.717, 1.165) is 27.1 Å². The highest BCUT2D eigenvalue weighted by Crippen LogP contribution is 2.34. The topological polar surface area (TPSA) is 77.3 Å². The first-order valence-electron chi connectivity index (χ1n) is 8.69. The van der Waals surface area contributed by atoms with Crippen LogP contribution in [-0.2, 0) is 18.3 Å². The number of hydrogen-bond acceptors (Lipinski definition) is 5. The van der Waals surface area contributed by atoms with Gasteiger partial charge in [0.2, 0.25) is 0 Å². The zero-order valence-corrected chi connectivity index (χ0v) is 15.7. The minimum Gasteiger partial charge on any atom is -0.443 e. The molecule has 0 radical (unpaired) electrons. The summed E-state index contributed by atoms with van der Waals surface area (Å²) in [6.07, 6.45) is 4.61. The first-order valence-corrected chi connectivity index (χ1v) is 8.69. The Bertz CT molecular complexity index is 1080. The van der Waals surface area contributed by atoms with Crippen LogP contribution in [0.25, 0.3) is 22.3 Å². The van der Waals surface area contributed by atoms with E-state index >= 15 is 0 Å². The number of carbonyl (C=O) groups is 2. The summed E-state index contributed by atoms with van der Waals surface area (Å²) in [5.74, 6) is -0.360. The number of amides is 2. The Hall–Kier alpha value is -3.22. The summed E-state index contributed by atoms with van der Waals surface area (Å²) in [7, 11) is 1.93. The second-order valence-electron chi connectivity index (χ2n) is 7.58. The summed E-state index contributed by atoms with van der Waals surface area (Å²) in [5, 5.41) is 0.948. The molecule has 2 amide bonds. The molecule has 0 N–H and O–H groups in total. The van der Waals surface area contributed by atoms with E-state index in [4.69, 9.17) is 4.74 Å². The van der Waals surface area contributed by atoms with Crippen LogP contribution in [0, 0.1) is 0 Å². The predicted molar refractivity (Wildman–Crippen MR) is 100 cm³/mol. The van der Waals surface area contributed by atoms with Gasteiger partial charge in [-0.05, 0) is 39.0 Å². The fourth-order valence-corrected chi connectivity index (χ4v) is 3.30. The number of aryl methyl sites for hydroxylation is 1. The molecule has 0 aliphatic carbocycles. The average Bonchev–Trinajstić information content (AvgIpc) is 3.14. The van der Waals surface area contributed by atoms with Gasteiger partial charge in [-0.2, -0.15) is 0 Å². The van der Waals surface area contributed by atoms with E-state index in [2.05, 4.69) is 9.97 Å². The van der Waals surface area contributed by atoms with Crippen molar-refractivity contribution >= 4 is 23.0 Å². The monoisotopic (exact) mass is 364 g/mol. The Kier molecular flexibility index (Phi) is 3.76. The van der Waals surface area contributed by atoms with E-state index in [1.165, 1.54) is 0 Å². The van der Waals surface area contributed by atoms with Crippen LogP contribution < -0.4 is 0 Å². The maximum Gasteiger partial charge on any atom is 0.417 e. The Balaban J connectivity index is 1.79. The lowest BCUT2D eigenvalue weighted by Gasteiger charge is -2.23. The maximum atomic E-state index is 12.8. The number of hydrogen-bond donors (Lipinski definition) is 0. The van der Waals surface area contributed by atoms with Crippen LogP contribution in [0.3, 0.4) is 0 Å².